The fourth-order valence-corrected chi connectivity index (χ4v) is 2.37. The van der Waals surface area contributed by atoms with Crippen molar-refractivity contribution < 1.29 is 24.3 Å². The van der Waals surface area contributed by atoms with Crippen molar-refractivity contribution >= 4 is 23.7 Å². The zero-order valence-corrected chi connectivity index (χ0v) is 15.4. The number of nitrogens with two attached hydrogens (primary N) is 2. The molecule has 2 atom stereocenters. The number of carboxylic acid groups (broad SMARTS) is 1. The van der Waals surface area contributed by atoms with Crippen LogP contribution in [0.5, 0.6) is 0 Å². The first-order chi connectivity index (χ1) is 13.4. The minimum atomic E-state index is -1.22. The zero-order chi connectivity index (χ0) is 20.9. The molecule has 12 nitrogen and oxygen atoms in total. The number of hydrogen-bond donors (Lipinski definition) is 7. The number of H-pyrrole nitrogens is 1. The van der Waals surface area contributed by atoms with Crippen molar-refractivity contribution in [3.63, 3.8) is 0 Å². The summed E-state index contributed by atoms with van der Waals surface area (Å²) >= 11 is 0. The van der Waals surface area contributed by atoms with E-state index < -0.39 is 42.3 Å². The van der Waals surface area contributed by atoms with Gasteiger partial charge in [-0.2, -0.15) is 0 Å². The summed E-state index contributed by atoms with van der Waals surface area (Å²) in [5.41, 5.74) is 11.2. The number of nitrogens with zero attached hydrogens (tertiary/aromatic N) is 1. The number of aliphatic carboxylic acids is 1. The predicted octanol–water partition coefficient (Wildman–Crippen LogP) is -2.79. The number of nitrogens with one attached hydrogen (secondary N) is 4. The Kier molecular flexibility index (Phi) is 10.2. The molecule has 0 aliphatic rings. The van der Waals surface area contributed by atoms with E-state index in [0.717, 1.165) is 0 Å². The predicted molar refractivity (Wildman–Crippen MR) is 98.8 cm³/mol. The summed E-state index contributed by atoms with van der Waals surface area (Å²) in [4.78, 5) is 53.6. The number of imidazole rings is 1. The summed E-state index contributed by atoms with van der Waals surface area (Å²) < 4.78 is 0. The van der Waals surface area contributed by atoms with Crippen LogP contribution in [0.1, 0.15) is 25.0 Å². The third kappa shape index (κ3) is 8.60. The third-order valence-corrected chi connectivity index (χ3v) is 3.82. The molecule has 0 saturated heterocycles. The Labute approximate surface area is 161 Å². The lowest BCUT2D eigenvalue weighted by molar-refractivity contribution is -0.141. The molecule has 12 heteroatoms. The van der Waals surface area contributed by atoms with Gasteiger partial charge in [-0.15, -0.1) is 0 Å². The minimum absolute atomic E-state index is 0.0172. The fourth-order valence-electron chi connectivity index (χ4n) is 2.37. The van der Waals surface area contributed by atoms with Crippen molar-refractivity contribution in [3.05, 3.63) is 18.2 Å². The van der Waals surface area contributed by atoms with Crippen molar-refractivity contribution in [2.45, 2.75) is 37.8 Å². The maximum absolute atomic E-state index is 12.3. The van der Waals surface area contributed by atoms with Gasteiger partial charge in [0.25, 0.3) is 0 Å². The molecular formula is C16H27N7O5. The van der Waals surface area contributed by atoms with E-state index in [1.165, 1.54) is 12.5 Å². The number of aromatic nitrogens is 2. The average molecular weight is 397 g/mol. The molecule has 3 amide bonds. The average Bonchev–Trinajstić information content (AvgIpc) is 3.17. The lowest BCUT2D eigenvalue weighted by Crippen LogP contribution is -2.51. The molecule has 9 N–H and O–H groups in total. The standard InChI is InChI=1S/C16H27N7O5/c17-4-2-1-3-11(22-13(24)6-18)15(26)20-8-14(25)23-12(16(27)28)5-10-7-19-9-21-10/h7,9,11-12H,1-6,8,17-18H2,(H,19,21)(H,20,26)(H,22,24)(H,23,25)(H,27,28)/t11-,12-/m0/s1. The molecule has 0 radical (unpaired) electrons. The molecule has 0 aromatic carbocycles. The van der Waals surface area contributed by atoms with Crippen LogP contribution in [0.3, 0.4) is 0 Å². The Bertz CT molecular complexity index is 650. The molecule has 0 fully saturated rings. The molecule has 0 saturated carbocycles. The van der Waals surface area contributed by atoms with Crippen molar-refractivity contribution in [1.82, 2.24) is 25.9 Å². The van der Waals surface area contributed by atoms with Crippen LogP contribution in [-0.4, -0.2) is 70.5 Å². The second-order valence-corrected chi connectivity index (χ2v) is 6.07. The van der Waals surface area contributed by atoms with Crippen molar-refractivity contribution in [1.29, 1.82) is 0 Å². The van der Waals surface area contributed by atoms with Gasteiger partial charge in [-0.25, -0.2) is 9.78 Å². The third-order valence-electron chi connectivity index (χ3n) is 3.82. The molecule has 1 rings (SSSR count). The van der Waals surface area contributed by atoms with Gasteiger partial charge in [0.1, 0.15) is 12.1 Å². The lowest BCUT2D eigenvalue weighted by atomic mass is 10.1. The van der Waals surface area contributed by atoms with E-state index in [1.54, 1.807) is 0 Å². The van der Waals surface area contributed by atoms with Crippen LogP contribution in [-0.2, 0) is 25.6 Å². The summed E-state index contributed by atoms with van der Waals surface area (Å²) in [6, 6.07) is -2.03. The Morgan fingerprint density at radius 1 is 1.11 bits per heavy atom. The maximum atomic E-state index is 12.3. The van der Waals surface area contributed by atoms with E-state index in [2.05, 4.69) is 25.9 Å². The summed E-state index contributed by atoms with van der Waals surface area (Å²) in [6.07, 6.45) is 4.50. The Morgan fingerprint density at radius 3 is 2.39 bits per heavy atom. The van der Waals surface area contributed by atoms with Gasteiger partial charge >= 0.3 is 5.97 Å². The first-order valence-electron chi connectivity index (χ1n) is 8.84. The molecule has 1 heterocycles. The highest BCUT2D eigenvalue weighted by Crippen LogP contribution is 2.01. The number of hydrogen-bond acceptors (Lipinski definition) is 7. The van der Waals surface area contributed by atoms with Crippen molar-refractivity contribution in [2.75, 3.05) is 19.6 Å². The number of amides is 3. The van der Waals surface area contributed by atoms with E-state index in [-0.39, 0.29) is 13.0 Å². The molecule has 0 bridgehead atoms. The minimum Gasteiger partial charge on any atom is -0.480 e. The largest absolute Gasteiger partial charge is 0.480 e. The lowest BCUT2D eigenvalue weighted by Gasteiger charge is -2.19. The molecule has 156 valence electrons. The molecule has 0 aliphatic carbocycles. The fraction of sp³-hybridized carbons (Fsp3) is 0.562. The monoisotopic (exact) mass is 397 g/mol. The van der Waals surface area contributed by atoms with Crippen LogP contribution in [0, 0.1) is 0 Å². The highest BCUT2D eigenvalue weighted by molar-refractivity contribution is 5.91. The Balaban J connectivity index is 2.54. The highest BCUT2D eigenvalue weighted by atomic mass is 16.4. The van der Waals surface area contributed by atoms with Gasteiger partial charge in [0.15, 0.2) is 0 Å². The second-order valence-electron chi connectivity index (χ2n) is 6.07. The first kappa shape index (κ1) is 23.0. The smallest absolute Gasteiger partial charge is 0.326 e. The number of unbranched alkanes of at least 4 members (excludes halogenated alkanes) is 1. The van der Waals surface area contributed by atoms with E-state index in [0.29, 0.717) is 31.5 Å². The molecule has 28 heavy (non-hydrogen) atoms. The number of carbonyl (C=O) groups excluding carboxylic acids is 3. The van der Waals surface area contributed by atoms with E-state index >= 15 is 0 Å². The quantitative estimate of drug-likeness (QED) is 0.173. The molecule has 1 aromatic heterocycles. The van der Waals surface area contributed by atoms with E-state index in [9.17, 15) is 24.3 Å². The zero-order valence-electron chi connectivity index (χ0n) is 15.4. The Morgan fingerprint density at radius 2 is 1.82 bits per heavy atom. The van der Waals surface area contributed by atoms with Gasteiger partial charge in [0, 0.05) is 18.3 Å². The van der Waals surface area contributed by atoms with Crippen LogP contribution in [0.25, 0.3) is 0 Å². The first-order valence-corrected chi connectivity index (χ1v) is 8.84. The van der Waals surface area contributed by atoms with Gasteiger partial charge in [0.05, 0.1) is 19.4 Å². The van der Waals surface area contributed by atoms with Crippen LogP contribution >= 0.6 is 0 Å². The van der Waals surface area contributed by atoms with Gasteiger partial charge in [0.2, 0.25) is 17.7 Å². The molecule has 1 aromatic rings. The summed E-state index contributed by atoms with van der Waals surface area (Å²) in [5, 5.41) is 16.4. The normalized spacial score (nSPS) is 12.6. The van der Waals surface area contributed by atoms with Crippen LogP contribution < -0.4 is 27.4 Å². The van der Waals surface area contributed by atoms with Gasteiger partial charge in [-0.1, -0.05) is 0 Å². The van der Waals surface area contributed by atoms with Gasteiger partial charge in [-0.3, -0.25) is 14.4 Å². The molecule has 0 spiro atoms. The van der Waals surface area contributed by atoms with E-state index in [1.807, 2.05) is 0 Å². The Hall–Kier alpha value is -2.99. The topological polar surface area (TPSA) is 205 Å². The van der Waals surface area contributed by atoms with Crippen LogP contribution in [0.4, 0.5) is 0 Å². The molecule has 0 aliphatic heterocycles. The summed E-state index contributed by atoms with van der Waals surface area (Å²) in [6.45, 7) is -0.249. The number of carbonyl (C=O) groups is 4. The second kappa shape index (κ2) is 12.4. The van der Waals surface area contributed by atoms with E-state index in [4.69, 9.17) is 11.5 Å². The SMILES string of the molecule is NCCCC[C@H](NC(=O)CN)C(=O)NCC(=O)N[C@@H](Cc1cnc[nH]1)C(=O)O. The van der Waals surface area contributed by atoms with Gasteiger partial charge < -0.3 is 37.5 Å². The highest BCUT2D eigenvalue weighted by Gasteiger charge is 2.23. The summed E-state index contributed by atoms with van der Waals surface area (Å²) in [5.74, 6) is -2.95. The van der Waals surface area contributed by atoms with Crippen LogP contribution in [0.2, 0.25) is 0 Å². The summed E-state index contributed by atoms with van der Waals surface area (Å²) in [7, 11) is 0. The van der Waals surface area contributed by atoms with Crippen LogP contribution in [0.15, 0.2) is 12.5 Å². The van der Waals surface area contributed by atoms with Crippen molar-refractivity contribution in [3.8, 4) is 0 Å². The van der Waals surface area contributed by atoms with Crippen molar-refractivity contribution in [2.24, 2.45) is 11.5 Å². The number of aromatic amines is 1. The molecule has 0 unspecified atom stereocenters. The maximum Gasteiger partial charge on any atom is 0.326 e. The molecular weight excluding hydrogens is 370 g/mol. The number of rotatable bonds is 13. The van der Waals surface area contributed by atoms with Gasteiger partial charge in [-0.05, 0) is 25.8 Å². The number of carboxylic acids is 1.